The van der Waals surface area contributed by atoms with Gasteiger partial charge in [0.15, 0.2) is 0 Å². The fourth-order valence-corrected chi connectivity index (χ4v) is 0.947. The SMILES string of the molecule is C=C[C@@H](O)[C@H]1CCNC(=O)O1. The highest BCUT2D eigenvalue weighted by molar-refractivity contribution is 5.68. The third kappa shape index (κ3) is 1.94. The number of hydrogen-bond acceptors (Lipinski definition) is 3. The Balaban J connectivity index is 2.45. The van der Waals surface area contributed by atoms with Crippen molar-refractivity contribution in [3.8, 4) is 0 Å². The Kier molecular flexibility index (Phi) is 2.48. The minimum Gasteiger partial charge on any atom is -0.443 e. The molecule has 62 valence electrons. The first kappa shape index (κ1) is 8.07. The zero-order valence-electron chi connectivity index (χ0n) is 6.12. The van der Waals surface area contributed by atoms with E-state index in [1.807, 2.05) is 0 Å². The highest BCUT2D eigenvalue weighted by Crippen LogP contribution is 2.08. The van der Waals surface area contributed by atoms with Crippen molar-refractivity contribution in [1.29, 1.82) is 0 Å². The van der Waals surface area contributed by atoms with Crippen LogP contribution >= 0.6 is 0 Å². The lowest BCUT2D eigenvalue weighted by atomic mass is 10.1. The van der Waals surface area contributed by atoms with Crippen LogP contribution in [0, 0.1) is 0 Å². The number of carbonyl (C=O) groups is 1. The predicted octanol–water partition coefficient (Wildman–Crippen LogP) is 0.0318. The van der Waals surface area contributed by atoms with Gasteiger partial charge in [0.1, 0.15) is 12.2 Å². The number of carbonyl (C=O) groups excluding carboxylic acids is 1. The van der Waals surface area contributed by atoms with E-state index in [9.17, 15) is 9.90 Å². The maximum Gasteiger partial charge on any atom is 0.407 e. The topological polar surface area (TPSA) is 58.6 Å². The van der Waals surface area contributed by atoms with Crippen molar-refractivity contribution < 1.29 is 14.6 Å². The molecular formula is C7H11NO3. The van der Waals surface area contributed by atoms with E-state index < -0.39 is 18.3 Å². The summed E-state index contributed by atoms with van der Waals surface area (Å²) in [5.74, 6) is 0. The summed E-state index contributed by atoms with van der Waals surface area (Å²) in [6.45, 7) is 3.95. The molecule has 0 aliphatic carbocycles. The molecule has 1 saturated heterocycles. The van der Waals surface area contributed by atoms with Crippen molar-refractivity contribution in [3.05, 3.63) is 12.7 Å². The van der Waals surface area contributed by atoms with Crippen LogP contribution in [-0.4, -0.2) is 30.0 Å². The number of ether oxygens (including phenoxy) is 1. The van der Waals surface area contributed by atoms with Crippen molar-refractivity contribution in [1.82, 2.24) is 5.32 Å². The number of hydrogen-bond donors (Lipinski definition) is 2. The summed E-state index contributed by atoms with van der Waals surface area (Å²) in [7, 11) is 0. The van der Waals surface area contributed by atoms with Gasteiger partial charge in [-0.15, -0.1) is 6.58 Å². The molecule has 0 aromatic carbocycles. The van der Waals surface area contributed by atoms with E-state index in [0.29, 0.717) is 13.0 Å². The molecule has 1 amide bonds. The van der Waals surface area contributed by atoms with E-state index in [1.54, 1.807) is 0 Å². The van der Waals surface area contributed by atoms with Crippen molar-refractivity contribution in [2.45, 2.75) is 18.6 Å². The van der Waals surface area contributed by atoms with Gasteiger partial charge < -0.3 is 15.2 Å². The maximum absolute atomic E-state index is 10.6. The second kappa shape index (κ2) is 3.39. The van der Waals surface area contributed by atoms with Crippen LogP contribution in [0.25, 0.3) is 0 Å². The first-order valence-corrected chi connectivity index (χ1v) is 3.49. The Bertz CT molecular complexity index is 169. The van der Waals surface area contributed by atoms with E-state index in [1.165, 1.54) is 6.08 Å². The van der Waals surface area contributed by atoms with Gasteiger partial charge in [-0.3, -0.25) is 0 Å². The number of cyclic esters (lactones) is 1. The van der Waals surface area contributed by atoms with Gasteiger partial charge in [0.05, 0.1) is 0 Å². The standard InChI is InChI=1S/C7H11NO3/c1-2-5(9)6-3-4-8-7(10)11-6/h2,5-6,9H,1,3-4H2,(H,8,10)/t5-,6-/m1/s1. The first-order valence-electron chi connectivity index (χ1n) is 3.49. The molecule has 2 atom stereocenters. The van der Waals surface area contributed by atoms with Crippen LogP contribution in [0.1, 0.15) is 6.42 Å². The Morgan fingerprint density at radius 3 is 3.18 bits per heavy atom. The highest BCUT2D eigenvalue weighted by Gasteiger charge is 2.24. The van der Waals surface area contributed by atoms with Crippen molar-refractivity contribution in [2.24, 2.45) is 0 Å². The van der Waals surface area contributed by atoms with E-state index in [2.05, 4.69) is 11.9 Å². The molecule has 1 aliphatic rings. The molecule has 1 aliphatic heterocycles. The molecule has 2 N–H and O–H groups in total. The van der Waals surface area contributed by atoms with Crippen LogP contribution in [0.5, 0.6) is 0 Å². The molecule has 0 bridgehead atoms. The van der Waals surface area contributed by atoms with E-state index >= 15 is 0 Å². The Morgan fingerprint density at radius 2 is 2.64 bits per heavy atom. The molecule has 11 heavy (non-hydrogen) atoms. The number of alkyl carbamates (subject to hydrolysis) is 1. The van der Waals surface area contributed by atoms with Gasteiger partial charge in [-0.25, -0.2) is 4.79 Å². The summed E-state index contributed by atoms with van der Waals surface area (Å²) >= 11 is 0. The third-order valence-corrected chi connectivity index (χ3v) is 1.58. The summed E-state index contributed by atoms with van der Waals surface area (Å²) in [6.07, 6.45) is 0.340. The molecule has 0 unspecified atom stereocenters. The molecule has 1 rings (SSSR count). The average Bonchev–Trinajstić information content (AvgIpc) is 2.03. The number of aliphatic hydroxyl groups is 1. The molecule has 0 radical (unpaired) electrons. The van der Waals surface area contributed by atoms with E-state index in [0.717, 1.165) is 0 Å². The quantitative estimate of drug-likeness (QED) is 0.556. The van der Waals surface area contributed by atoms with Crippen LogP contribution < -0.4 is 5.32 Å². The van der Waals surface area contributed by atoms with Crippen LogP contribution in [0.4, 0.5) is 4.79 Å². The Morgan fingerprint density at radius 1 is 1.91 bits per heavy atom. The zero-order valence-corrected chi connectivity index (χ0v) is 6.12. The number of aliphatic hydroxyl groups excluding tert-OH is 1. The van der Waals surface area contributed by atoms with Gasteiger partial charge in [-0.05, 0) is 0 Å². The maximum atomic E-state index is 10.6. The summed E-state index contributed by atoms with van der Waals surface area (Å²) < 4.78 is 4.77. The van der Waals surface area contributed by atoms with Crippen LogP contribution in [0.2, 0.25) is 0 Å². The largest absolute Gasteiger partial charge is 0.443 e. The van der Waals surface area contributed by atoms with Gasteiger partial charge in [-0.1, -0.05) is 6.08 Å². The van der Waals surface area contributed by atoms with E-state index in [-0.39, 0.29) is 0 Å². The van der Waals surface area contributed by atoms with Crippen LogP contribution in [0.15, 0.2) is 12.7 Å². The van der Waals surface area contributed by atoms with Crippen molar-refractivity contribution in [3.63, 3.8) is 0 Å². The molecule has 0 saturated carbocycles. The second-order valence-electron chi connectivity index (χ2n) is 2.39. The molecule has 4 nitrogen and oxygen atoms in total. The number of rotatable bonds is 2. The monoisotopic (exact) mass is 157 g/mol. The highest BCUT2D eigenvalue weighted by atomic mass is 16.6. The van der Waals surface area contributed by atoms with Crippen LogP contribution in [0.3, 0.4) is 0 Å². The molecule has 1 heterocycles. The van der Waals surface area contributed by atoms with Gasteiger partial charge >= 0.3 is 6.09 Å². The molecule has 1 fully saturated rings. The Labute approximate surface area is 64.9 Å². The number of amides is 1. The molecule has 0 aromatic heterocycles. The summed E-state index contributed by atoms with van der Waals surface area (Å²) in [5, 5.41) is 11.7. The third-order valence-electron chi connectivity index (χ3n) is 1.58. The van der Waals surface area contributed by atoms with Crippen LogP contribution in [-0.2, 0) is 4.74 Å². The first-order chi connectivity index (χ1) is 5.24. The smallest absolute Gasteiger partial charge is 0.407 e. The second-order valence-corrected chi connectivity index (χ2v) is 2.39. The predicted molar refractivity (Wildman–Crippen MR) is 39.1 cm³/mol. The lowest BCUT2D eigenvalue weighted by molar-refractivity contribution is 0.00755. The van der Waals surface area contributed by atoms with Gasteiger partial charge in [0.25, 0.3) is 0 Å². The summed E-state index contributed by atoms with van der Waals surface area (Å²) in [5.41, 5.74) is 0. The lowest BCUT2D eigenvalue weighted by Gasteiger charge is -2.25. The number of nitrogens with one attached hydrogen (secondary N) is 1. The normalized spacial score (nSPS) is 26.6. The molecular weight excluding hydrogens is 146 g/mol. The lowest BCUT2D eigenvalue weighted by Crippen LogP contribution is -2.42. The molecule has 0 aromatic rings. The average molecular weight is 157 g/mol. The molecule has 4 heteroatoms. The van der Waals surface area contributed by atoms with Gasteiger partial charge in [-0.2, -0.15) is 0 Å². The van der Waals surface area contributed by atoms with Crippen molar-refractivity contribution in [2.75, 3.05) is 6.54 Å². The Hall–Kier alpha value is -1.03. The van der Waals surface area contributed by atoms with E-state index in [4.69, 9.17) is 4.74 Å². The fourth-order valence-electron chi connectivity index (χ4n) is 0.947. The van der Waals surface area contributed by atoms with Gasteiger partial charge in [0.2, 0.25) is 0 Å². The molecule has 0 spiro atoms. The minimum absolute atomic E-state index is 0.429. The summed E-state index contributed by atoms with van der Waals surface area (Å²) in [4.78, 5) is 10.6. The van der Waals surface area contributed by atoms with Crippen molar-refractivity contribution >= 4 is 6.09 Å². The minimum atomic E-state index is -0.749. The zero-order chi connectivity index (χ0) is 8.27. The van der Waals surface area contributed by atoms with Gasteiger partial charge in [0, 0.05) is 13.0 Å². The fraction of sp³-hybridized carbons (Fsp3) is 0.571. The summed E-state index contributed by atoms with van der Waals surface area (Å²) in [6, 6.07) is 0.